The Labute approximate surface area is 74.2 Å². The van der Waals surface area contributed by atoms with E-state index in [1.165, 1.54) is 19.3 Å². The van der Waals surface area contributed by atoms with Crippen molar-refractivity contribution in [2.24, 2.45) is 17.3 Å². The van der Waals surface area contributed by atoms with Gasteiger partial charge in [-0.15, -0.1) is 0 Å². The highest BCUT2D eigenvalue weighted by Gasteiger charge is 2.54. The van der Waals surface area contributed by atoms with E-state index in [1.807, 2.05) is 0 Å². The molecule has 67 valence electrons. The van der Waals surface area contributed by atoms with Gasteiger partial charge in [0.2, 0.25) is 0 Å². The molecule has 12 heavy (non-hydrogen) atoms. The summed E-state index contributed by atoms with van der Waals surface area (Å²) in [6, 6.07) is 0. The van der Waals surface area contributed by atoms with E-state index in [2.05, 4.69) is 6.92 Å². The van der Waals surface area contributed by atoms with E-state index in [1.54, 1.807) is 0 Å². The number of aliphatic hydroxyl groups is 1. The van der Waals surface area contributed by atoms with Crippen LogP contribution in [0.2, 0.25) is 0 Å². The molecule has 4 aliphatic rings. The van der Waals surface area contributed by atoms with E-state index in [-0.39, 0.29) is 11.0 Å². The van der Waals surface area contributed by atoms with Crippen molar-refractivity contribution >= 4 is 0 Å². The van der Waals surface area contributed by atoms with Gasteiger partial charge in [-0.3, -0.25) is 0 Å². The lowest BCUT2D eigenvalue weighted by molar-refractivity contribution is -0.148. The quantitative estimate of drug-likeness (QED) is 0.583. The molecule has 1 radical (unpaired) electrons. The average Bonchev–Trinajstić information content (AvgIpc) is 1.75. The first kappa shape index (κ1) is 7.37. The molecule has 0 heterocycles. The minimum atomic E-state index is -0.300. The molecule has 0 spiro atoms. The standard InChI is InChI=1S/C11H17O/c1-10-3-8-2-9(4-10)6-11(12,5-8)7-10/h8-9,12H,1-7H2. The summed E-state index contributed by atoms with van der Waals surface area (Å²) in [6.45, 7) is 4.32. The van der Waals surface area contributed by atoms with Crippen LogP contribution in [0.5, 0.6) is 0 Å². The minimum absolute atomic E-state index is 0.263. The van der Waals surface area contributed by atoms with Crippen LogP contribution in [0.1, 0.15) is 38.5 Å². The Morgan fingerprint density at radius 2 is 1.67 bits per heavy atom. The van der Waals surface area contributed by atoms with Crippen molar-refractivity contribution in [1.29, 1.82) is 0 Å². The summed E-state index contributed by atoms with van der Waals surface area (Å²) >= 11 is 0. The van der Waals surface area contributed by atoms with E-state index >= 15 is 0 Å². The molecule has 4 saturated carbocycles. The fraction of sp³-hybridized carbons (Fsp3) is 0.909. The minimum Gasteiger partial charge on any atom is -0.390 e. The van der Waals surface area contributed by atoms with Crippen LogP contribution in [0, 0.1) is 24.2 Å². The Kier molecular flexibility index (Phi) is 1.16. The van der Waals surface area contributed by atoms with Crippen molar-refractivity contribution in [1.82, 2.24) is 0 Å². The topological polar surface area (TPSA) is 20.2 Å². The summed E-state index contributed by atoms with van der Waals surface area (Å²) < 4.78 is 0. The first-order chi connectivity index (χ1) is 5.57. The zero-order valence-corrected chi connectivity index (χ0v) is 7.55. The molecular formula is C11H17O. The van der Waals surface area contributed by atoms with Gasteiger partial charge >= 0.3 is 0 Å². The van der Waals surface area contributed by atoms with Gasteiger partial charge in [0, 0.05) is 0 Å². The van der Waals surface area contributed by atoms with E-state index in [4.69, 9.17) is 0 Å². The third-order valence-corrected chi connectivity index (χ3v) is 4.15. The van der Waals surface area contributed by atoms with Gasteiger partial charge in [0.1, 0.15) is 0 Å². The van der Waals surface area contributed by atoms with Crippen molar-refractivity contribution in [3.8, 4) is 0 Å². The second-order valence-corrected chi connectivity index (χ2v) is 5.69. The average molecular weight is 165 g/mol. The molecule has 1 heteroatoms. The van der Waals surface area contributed by atoms with Gasteiger partial charge in [0.15, 0.2) is 0 Å². The largest absolute Gasteiger partial charge is 0.390 e. The highest BCUT2D eigenvalue weighted by atomic mass is 16.3. The molecule has 4 fully saturated rings. The maximum Gasteiger partial charge on any atom is 0.0658 e. The van der Waals surface area contributed by atoms with E-state index < -0.39 is 0 Å². The smallest absolute Gasteiger partial charge is 0.0658 e. The van der Waals surface area contributed by atoms with Crippen LogP contribution in [0.25, 0.3) is 0 Å². The number of hydrogen-bond donors (Lipinski definition) is 1. The SMILES string of the molecule is [CH2]C12CC3CC(C1)CC(O)(C3)C2. The van der Waals surface area contributed by atoms with Crippen molar-refractivity contribution in [2.45, 2.75) is 44.1 Å². The molecule has 4 bridgehead atoms. The summed E-state index contributed by atoms with van der Waals surface area (Å²) in [4.78, 5) is 0. The van der Waals surface area contributed by atoms with Crippen molar-refractivity contribution in [3.63, 3.8) is 0 Å². The van der Waals surface area contributed by atoms with Gasteiger partial charge in [0.05, 0.1) is 5.60 Å². The second kappa shape index (κ2) is 1.89. The lowest BCUT2D eigenvalue weighted by Gasteiger charge is -2.59. The highest BCUT2D eigenvalue weighted by Crippen LogP contribution is 2.61. The summed E-state index contributed by atoms with van der Waals surface area (Å²) in [5.41, 5.74) is -0.0370. The molecule has 4 aliphatic carbocycles. The van der Waals surface area contributed by atoms with Crippen molar-refractivity contribution in [2.75, 3.05) is 0 Å². The summed E-state index contributed by atoms with van der Waals surface area (Å²) in [6.07, 6.45) is 7.06. The van der Waals surface area contributed by atoms with Gasteiger partial charge in [-0.25, -0.2) is 0 Å². The molecular weight excluding hydrogens is 148 g/mol. The Bertz CT molecular complexity index is 187. The first-order valence-corrected chi connectivity index (χ1v) is 5.15. The van der Waals surface area contributed by atoms with Crippen LogP contribution in [0.4, 0.5) is 0 Å². The van der Waals surface area contributed by atoms with Gasteiger partial charge < -0.3 is 5.11 Å². The molecule has 1 nitrogen and oxygen atoms in total. The second-order valence-electron chi connectivity index (χ2n) is 5.69. The lowest BCUT2D eigenvalue weighted by Crippen LogP contribution is -2.54. The molecule has 0 aromatic carbocycles. The Morgan fingerprint density at radius 1 is 1.08 bits per heavy atom. The Balaban J connectivity index is 1.98. The molecule has 0 aromatic rings. The summed E-state index contributed by atoms with van der Waals surface area (Å²) in [5.74, 6) is 1.60. The molecule has 1 N–H and O–H groups in total. The van der Waals surface area contributed by atoms with Crippen LogP contribution >= 0.6 is 0 Å². The van der Waals surface area contributed by atoms with E-state index in [9.17, 15) is 5.11 Å². The zero-order chi connectivity index (χ0) is 8.40. The van der Waals surface area contributed by atoms with Crippen molar-refractivity contribution in [3.05, 3.63) is 6.92 Å². The number of rotatable bonds is 0. The summed E-state index contributed by atoms with van der Waals surface area (Å²) in [7, 11) is 0. The van der Waals surface area contributed by atoms with Gasteiger partial charge in [-0.2, -0.15) is 0 Å². The fourth-order valence-corrected chi connectivity index (χ4v) is 4.40. The van der Waals surface area contributed by atoms with Crippen LogP contribution < -0.4 is 0 Å². The third-order valence-electron chi connectivity index (χ3n) is 4.15. The maximum atomic E-state index is 10.2. The van der Waals surface area contributed by atoms with Crippen LogP contribution in [-0.2, 0) is 0 Å². The molecule has 0 aliphatic heterocycles. The molecule has 4 rings (SSSR count). The molecule has 0 saturated heterocycles. The number of hydrogen-bond acceptors (Lipinski definition) is 1. The van der Waals surface area contributed by atoms with Gasteiger partial charge in [0.25, 0.3) is 0 Å². The Morgan fingerprint density at radius 3 is 2.08 bits per heavy atom. The van der Waals surface area contributed by atoms with Gasteiger partial charge in [-0.1, -0.05) is 0 Å². The first-order valence-electron chi connectivity index (χ1n) is 5.15. The van der Waals surface area contributed by atoms with E-state index in [0.29, 0.717) is 0 Å². The predicted molar refractivity (Wildman–Crippen MR) is 47.4 cm³/mol. The molecule has 0 amide bonds. The zero-order valence-electron chi connectivity index (χ0n) is 7.55. The van der Waals surface area contributed by atoms with Crippen LogP contribution in [0.15, 0.2) is 0 Å². The third kappa shape index (κ3) is 0.891. The maximum absolute atomic E-state index is 10.2. The Hall–Kier alpha value is -0.0400. The van der Waals surface area contributed by atoms with Crippen LogP contribution in [-0.4, -0.2) is 10.7 Å². The van der Waals surface area contributed by atoms with Crippen LogP contribution in [0.3, 0.4) is 0 Å². The lowest BCUT2D eigenvalue weighted by atomic mass is 9.48. The fourth-order valence-electron chi connectivity index (χ4n) is 4.40. The molecule has 0 aromatic heterocycles. The molecule has 2 unspecified atom stereocenters. The normalized spacial score (nSPS) is 62.5. The predicted octanol–water partition coefficient (Wildman–Crippen LogP) is 2.15. The summed E-state index contributed by atoms with van der Waals surface area (Å²) in [5, 5.41) is 10.2. The molecule has 2 atom stereocenters. The van der Waals surface area contributed by atoms with Gasteiger partial charge in [-0.05, 0) is 62.7 Å². The van der Waals surface area contributed by atoms with Crippen molar-refractivity contribution < 1.29 is 5.11 Å². The monoisotopic (exact) mass is 165 g/mol. The van der Waals surface area contributed by atoms with E-state index in [0.717, 1.165) is 31.1 Å². The highest BCUT2D eigenvalue weighted by molar-refractivity contribution is 5.09.